The van der Waals surface area contributed by atoms with Crippen LogP contribution in [0, 0.1) is 0 Å². The van der Waals surface area contributed by atoms with Crippen LogP contribution in [0.4, 0.5) is 0 Å². The van der Waals surface area contributed by atoms with Crippen LogP contribution in [0.5, 0.6) is 0 Å². The molecule has 0 N–H and O–H groups in total. The molecular formula is C7H13NO2. The molecule has 0 aliphatic carbocycles. The Labute approximate surface area is 61.2 Å². The first-order valence-corrected chi connectivity index (χ1v) is 3.26. The van der Waals surface area contributed by atoms with Crippen LogP contribution in [0.25, 0.3) is 0 Å². The third-order valence-corrected chi connectivity index (χ3v) is 1.05. The van der Waals surface area contributed by atoms with Gasteiger partial charge in [0.15, 0.2) is 0 Å². The highest BCUT2D eigenvalue weighted by molar-refractivity contribution is 5.74. The van der Waals surface area contributed by atoms with Gasteiger partial charge in [-0.1, -0.05) is 13.5 Å². The minimum absolute atomic E-state index is 0.0256. The maximum Gasteiger partial charge on any atom is 0.254 e. The summed E-state index contributed by atoms with van der Waals surface area (Å²) < 4.78 is 0. The molecule has 3 nitrogen and oxygen atoms in total. The van der Waals surface area contributed by atoms with Gasteiger partial charge in [0.2, 0.25) is 0 Å². The molecule has 0 saturated carbocycles. The second-order valence-electron chi connectivity index (χ2n) is 1.91. The van der Waals surface area contributed by atoms with E-state index in [4.69, 9.17) is 4.84 Å². The first-order chi connectivity index (χ1) is 4.72. The topological polar surface area (TPSA) is 29.5 Å². The second kappa shape index (κ2) is 4.85. The number of carbonyl (C=O) groups is 1. The van der Waals surface area contributed by atoms with Gasteiger partial charge in [0, 0.05) is 13.5 Å². The van der Waals surface area contributed by atoms with Crippen molar-refractivity contribution in [3.8, 4) is 0 Å². The molecule has 0 aromatic heterocycles. The molecule has 1 amide bonds. The van der Waals surface area contributed by atoms with Crippen molar-refractivity contribution in [2.75, 3.05) is 7.05 Å². The Morgan fingerprint density at radius 3 is 2.80 bits per heavy atom. The number of carbonyl (C=O) groups excluding carboxylic acids is 1. The lowest BCUT2D eigenvalue weighted by atomic mass is 10.3. The van der Waals surface area contributed by atoms with Gasteiger partial charge < -0.3 is 4.84 Å². The summed E-state index contributed by atoms with van der Waals surface area (Å²) in [4.78, 5) is 15.6. The van der Waals surface area contributed by atoms with Crippen LogP contribution in [0.3, 0.4) is 0 Å². The van der Waals surface area contributed by atoms with Gasteiger partial charge in [0.05, 0.1) is 0 Å². The van der Waals surface area contributed by atoms with Gasteiger partial charge in [-0.2, -0.15) is 5.06 Å². The highest BCUT2D eigenvalue weighted by Gasteiger charge is 2.05. The molecule has 0 aromatic rings. The monoisotopic (exact) mass is 143 g/mol. The Bertz CT molecular complexity index is 123. The van der Waals surface area contributed by atoms with Crippen LogP contribution >= 0.6 is 0 Å². The first-order valence-electron chi connectivity index (χ1n) is 3.26. The standard InChI is InChI=1S/C7H13NO2/c1-4-6-7(9)8(3)10-5-2/h5H,2,4,6H2,1,3H3. The summed E-state index contributed by atoms with van der Waals surface area (Å²) in [6.45, 7) is 5.27. The van der Waals surface area contributed by atoms with Crippen molar-refractivity contribution < 1.29 is 9.63 Å². The lowest BCUT2D eigenvalue weighted by Crippen LogP contribution is -2.24. The number of hydrogen-bond acceptors (Lipinski definition) is 2. The van der Waals surface area contributed by atoms with Gasteiger partial charge in [-0.3, -0.25) is 4.79 Å². The highest BCUT2D eigenvalue weighted by atomic mass is 16.7. The summed E-state index contributed by atoms with van der Waals surface area (Å²) in [5.41, 5.74) is 0. The predicted molar refractivity (Wildman–Crippen MR) is 39.0 cm³/mol. The zero-order valence-corrected chi connectivity index (χ0v) is 6.46. The summed E-state index contributed by atoms with van der Waals surface area (Å²) in [5.74, 6) is -0.0256. The minimum Gasteiger partial charge on any atom is -0.386 e. The van der Waals surface area contributed by atoms with Gasteiger partial charge >= 0.3 is 0 Å². The van der Waals surface area contributed by atoms with Crippen molar-refractivity contribution in [2.24, 2.45) is 0 Å². The predicted octanol–water partition coefficient (Wildman–Crippen LogP) is 1.32. The van der Waals surface area contributed by atoms with E-state index in [1.165, 1.54) is 11.3 Å². The molecule has 0 rings (SSSR count). The Morgan fingerprint density at radius 1 is 1.80 bits per heavy atom. The quantitative estimate of drug-likeness (QED) is 0.438. The Kier molecular flexibility index (Phi) is 4.37. The molecule has 3 heteroatoms. The van der Waals surface area contributed by atoms with E-state index >= 15 is 0 Å². The molecule has 0 radical (unpaired) electrons. The van der Waals surface area contributed by atoms with E-state index in [1.54, 1.807) is 7.05 Å². The highest BCUT2D eigenvalue weighted by Crippen LogP contribution is 1.94. The fourth-order valence-corrected chi connectivity index (χ4v) is 0.542. The zero-order valence-electron chi connectivity index (χ0n) is 6.46. The fourth-order valence-electron chi connectivity index (χ4n) is 0.542. The van der Waals surface area contributed by atoms with Crippen molar-refractivity contribution in [2.45, 2.75) is 19.8 Å². The third kappa shape index (κ3) is 3.12. The number of amides is 1. The molecule has 0 aliphatic heterocycles. The third-order valence-electron chi connectivity index (χ3n) is 1.05. The van der Waals surface area contributed by atoms with E-state index in [0.29, 0.717) is 6.42 Å². The Morgan fingerprint density at radius 2 is 2.40 bits per heavy atom. The van der Waals surface area contributed by atoms with Gasteiger partial charge in [-0.25, -0.2) is 0 Å². The average Bonchev–Trinajstić information content (AvgIpc) is 1.89. The summed E-state index contributed by atoms with van der Waals surface area (Å²) in [7, 11) is 1.57. The SMILES string of the molecule is C=CON(C)C(=O)CCC. The van der Waals surface area contributed by atoms with E-state index in [1.807, 2.05) is 6.92 Å². The van der Waals surface area contributed by atoms with Crippen molar-refractivity contribution in [3.05, 3.63) is 12.8 Å². The number of hydrogen-bond donors (Lipinski definition) is 0. The van der Waals surface area contributed by atoms with Crippen LogP contribution in [0.15, 0.2) is 12.8 Å². The van der Waals surface area contributed by atoms with Crippen LogP contribution in [0.1, 0.15) is 19.8 Å². The smallest absolute Gasteiger partial charge is 0.254 e. The lowest BCUT2D eigenvalue weighted by Gasteiger charge is -2.13. The summed E-state index contributed by atoms with van der Waals surface area (Å²) in [6, 6.07) is 0. The maximum absolute atomic E-state index is 10.9. The van der Waals surface area contributed by atoms with E-state index in [-0.39, 0.29) is 5.91 Å². The molecule has 0 heterocycles. The maximum atomic E-state index is 10.9. The van der Waals surface area contributed by atoms with Crippen LogP contribution in [0.2, 0.25) is 0 Å². The minimum atomic E-state index is -0.0256. The molecule has 10 heavy (non-hydrogen) atoms. The normalized spacial score (nSPS) is 8.60. The van der Waals surface area contributed by atoms with E-state index in [9.17, 15) is 4.79 Å². The number of hydroxylamine groups is 2. The molecule has 0 aliphatic rings. The van der Waals surface area contributed by atoms with Gasteiger partial charge in [0.1, 0.15) is 6.26 Å². The zero-order chi connectivity index (χ0) is 7.98. The average molecular weight is 143 g/mol. The van der Waals surface area contributed by atoms with Crippen molar-refractivity contribution in [1.82, 2.24) is 5.06 Å². The Hall–Kier alpha value is -0.990. The van der Waals surface area contributed by atoms with Crippen molar-refractivity contribution in [3.63, 3.8) is 0 Å². The molecule has 0 unspecified atom stereocenters. The van der Waals surface area contributed by atoms with Crippen molar-refractivity contribution >= 4 is 5.91 Å². The number of nitrogens with zero attached hydrogens (tertiary/aromatic N) is 1. The van der Waals surface area contributed by atoms with E-state index in [0.717, 1.165) is 6.42 Å². The fraction of sp³-hybridized carbons (Fsp3) is 0.571. The Balaban J connectivity index is 3.58. The van der Waals surface area contributed by atoms with Gasteiger partial charge in [-0.05, 0) is 6.42 Å². The van der Waals surface area contributed by atoms with Crippen LogP contribution in [-0.4, -0.2) is 18.0 Å². The number of rotatable bonds is 4. The van der Waals surface area contributed by atoms with Crippen LogP contribution < -0.4 is 0 Å². The molecule has 0 saturated heterocycles. The van der Waals surface area contributed by atoms with Crippen molar-refractivity contribution in [1.29, 1.82) is 0 Å². The van der Waals surface area contributed by atoms with Gasteiger partial charge in [-0.15, -0.1) is 0 Å². The lowest BCUT2D eigenvalue weighted by molar-refractivity contribution is -0.161. The molecule has 58 valence electrons. The van der Waals surface area contributed by atoms with Crippen LogP contribution in [-0.2, 0) is 9.63 Å². The molecule has 0 bridgehead atoms. The molecule has 0 fully saturated rings. The molecule has 0 spiro atoms. The summed E-state index contributed by atoms with van der Waals surface area (Å²) in [6.07, 6.45) is 2.58. The molecule has 0 aromatic carbocycles. The molecular weight excluding hydrogens is 130 g/mol. The molecule has 0 atom stereocenters. The van der Waals surface area contributed by atoms with Gasteiger partial charge in [0.25, 0.3) is 5.91 Å². The summed E-state index contributed by atoms with van der Waals surface area (Å²) >= 11 is 0. The van der Waals surface area contributed by atoms with E-state index in [2.05, 4.69) is 6.58 Å². The summed E-state index contributed by atoms with van der Waals surface area (Å²) in [5, 5.41) is 1.18. The second-order valence-corrected chi connectivity index (χ2v) is 1.91. The first kappa shape index (κ1) is 9.01. The largest absolute Gasteiger partial charge is 0.386 e. The van der Waals surface area contributed by atoms with E-state index < -0.39 is 0 Å².